The lowest BCUT2D eigenvalue weighted by Crippen LogP contribution is -2.41. The molecule has 2 aliphatic carbocycles. The first kappa shape index (κ1) is 17.6. The minimum Gasteiger partial charge on any atom is -0.476 e. The summed E-state index contributed by atoms with van der Waals surface area (Å²) in [7, 11) is 0. The molecule has 0 aliphatic heterocycles. The number of aromatic nitrogens is 2. The Balaban J connectivity index is 1.72. The molecule has 2 aliphatic rings. The molecule has 0 spiro atoms. The lowest BCUT2D eigenvalue weighted by Gasteiger charge is -2.21. The molecule has 136 valence electrons. The normalized spacial score (nSPS) is 18.0. The van der Waals surface area contributed by atoms with E-state index in [1.807, 2.05) is 13.8 Å². The molecule has 0 radical (unpaired) electrons. The molecule has 0 saturated heterocycles. The van der Waals surface area contributed by atoms with Crippen LogP contribution in [0.2, 0.25) is 0 Å². The first-order valence-corrected chi connectivity index (χ1v) is 9.03. The summed E-state index contributed by atoms with van der Waals surface area (Å²) in [5.74, 6) is 0.775. The van der Waals surface area contributed by atoms with Gasteiger partial charge in [-0.15, -0.1) is 0 Å². The summed E-state index contributed by atoms with van der Waals surface area (Å²) in [4.78, 5) is 32.6. The van der Waals surface area contributed by atoms with Crippen molar-refractivity contribution in [2.24, 2.45) is 17.6 Å². The Labute approximate surface area is 147 Å². The number of amides is 2. The Bertz CT molecular complexity index is 654. The average Bonchev–Trinajstić information content (AvgIpc) is 3.45. The van der Waals surface area contributed by atoms with Gasteiger partial charge in [-0.3, -0.25) is 14.6 Å². The van der Waals surface area contributed by atoms with E-state index in [1.165, 1.54) is 19.0 Å². The molecule has 1 atom stereocenters. The highest BCUT2D eigenvalue weighted by Crippen LogP contribution is 2.42. The largest absolute Gasteiger partial charge is 0.476 e. The second kappa shape index (κ2) is 7.37. The van der Waals surface area contributed by atoms with E-state index >= 15 is 0 Å². The second-order valence-corrected chi connectivity index (χ2v) is 7.47. The molecule has 25 heavy (non-hydrogen) atoms. The molecule has 1 aromatic rings. The number of rotatable bonds is 9. The van der Waals surface area contributed by atoms with Crippen molar-refractivity contribution in [2.75, 3.05) is 6.61 Å². The fourth-order valence-corrected chi connectivity index (χ4v) is 2.63. The Hall–Kier alpha value is -2.18. The number of nitrogens with zero attached hydrogens (tertiary/aromatic N) is 2. The maximum Gasteiger partial charge on any atom is 0.271 e. The van der Waals surface area contributed by atoms with Crippen molar-refractivity contribution in [3.63, 3.8) is 0 Å². The summed E-state index contributed by atoms with van der Waals surface area (Å²) in [6.07, 6.45) is 6.16. The molecule has 1 aromatic heterocycles. The van der Waals surface area contributed by atoms with Gasteiger partial charge in [-0.25, -0.2) is 4.98 Å². The summed E-state index contributed by atoms with van der Waals surface area (Å²) in [6, 6.07) is -0.328. The molecule has 2 amide bonds. The zero-order chi connectivity index (χ0) is 18.0. The number of hydrogen-bond donors (Lipinski definition) is 2. The van der Waals surface area contributed by atoms with Crippen molar-refractivity contribution < 1.29 is 14.3 Å². The first-order valence-electron chi connectivity index (χ1n) is 9.03. The summed E-state index contributed by atoms with van der Waals surface area (Å²) >= 11 is 0. The van der Waals surface area contributed by atoms with Crippen LogP contribution in [0.5, 0.6) is 5.88 Å². The highest BCUT2D eigenvalue weighted by Gasteiger charge is 2.31. The minimum absolute atomic E-state index is 0.0840. The van der Waals surface area contributed by atoms with E-state index in [0.29, 0.717) is 24.3 Å². The highest BCUT2D eigenvalue weighted by atomic mass is 16.5. The van der Waals surface area contributed by atoms with Crippen LogP contribution in [0, 0.1) is 11.8 Å². The van der Waals surface area contributed by atoms with E-state index in [2.05, 4.69) is 15.3 Å². The average molecular weight is 346 g/mol. The van der Waals surface area contributed by atoms with E-state index < -0.39 is 5.91 Å². The third-order valence-electron chi connectivity index (χ3n) is 4.66. The van der Waals surface area contributed by atoms with Gasteiger partial charge in [-0.1, -0.05) is 13.8 Å². The maximum atomic E-state index is 12.5. The molecule has 0 bridgehead atoms. The zero-order valence-corrected chi connectivity index (χ0v) is 14.8. The third kappa shape index (κ3) is 4.90. The number of carbonyl (C=O) groups excluding carboxylic acids is 2. The molecule has 1 heterocycles. The van der Waals surface area contributed by atoms with Crippen LogP contribution in [0.1, 0.15) is 68.1 Å². The van der Waals surface area contributed by atoms with Crippen molar-refractivity contribution in [1.82, 2.24) is 15.3 Å². The Morgan fingerprint density at radius 1 is 1.32 bits per heavy atom. The SMILES string of the molecule is CC(C)[C@H](CC(N)=O)NC(=O)c1cnc(C2CC2)c(OCC2CC2)n1. The van der Waals surface area contributed by atoms with Gasteiger partial charge in [0, 0.05) is 18.4 Å². The predicted octanol–water partition coefficient (Wildman–Crippen LogP) is 1.77. The van der Waals surface area contributed by atoms with Gasteiger partial charge < -0.3 is 15.8 Å². The van der Waals surface area contributed by atoms with Gasteiger partial charge in [0.2, 0.25) is 11.8 Å². The van der Waals surface area contributed by atoms with Crippen LogP contribution < -0.4 is 15.8 Å². The Morgan fingerprint density at radius 3 is 2.60 bits per heavy atom. The zero-order valence-electron chi connectivity index (χ0n) is 14.8. The van der Waals surface area contributed by atoms with Crippen LogP contribution >= 0.6 is 0 Å². The number of primary amides is 1. The van der Waals surface area contributed by atoms with Gasteiger partial charge in [0.25, 0.3) is 5.91 Å². The molecule has 0 aromatic carbocycles. The lowest BCUT2D eigenvalue weighted by atomic mass is 10.0. The van der Waals surface area contributed by atoms with Crippen LogP contribution in [-0.2, 0) is 4.79 Å². The van der Waals surface area contributed by atoms with Crippen LogP contribution in [0.4, 0.5) is 0 Å². The molecule has 7 nitrogen and oxygen atoms in total. The number of ether oxygens (including phenoxy) is 1. The van der Waals surface area contributed by atoms with Crippen LogP contribution in [-0.4, -0.2) is 34.4 Å². The Morgan fingerprint density at radius 2 is 2.04 bits per heavy atom. The van der Waals surface area contributed by atoms with E-state index in [4.69, 9.17) is 10.5 Å². The van der Waals surface area contributed by atoms with Crippen LogP contribution in [0.25, 0.3) is 0 Å². The van der Waals surface area contributed by atoms with Crippen molar-refractivity contribution >= 4 is 11.8 Å². The van der Waals surface area contributed by atoms with Crippen molar-refractivity contribution in [3.05, 3.63) is 17.6 Å². The molecule has 7 heteroatoms. The van der Waals surface area contributed by atoms with E-state index in [1.54, 1.807) is 0 Å². The molecular weight excluding hydrogens is 320 g/mol. The highest BCUT2D eigenvalue weighted by molar-refractivity contribution is 5.92. The van der Waals surface area contributed by atoms with Gasteiger partial charge in [-0.2, -0.15) is 0 Å². The number of carbonyl (C=O) groups is 2. The number of hydrogen-bond acceptors (Lipinski definition) is 5. The molecule has 0 unspecified atom stereocenters. The summed E-state index contributed by atoms with van der Waals surface area (Å²) in [5, 5.41) is 2.84. The van der Waals surface area contributed by atoms with Crippen LogP contribution in [0.15, 0.2) is 6.20 Å². The van der Waals surface area contributed by atoms with Crippen molar-refractivity contribution in [3.8, 4) is 5.88 Å². The maximum absolute atomic E-state index is 12.5. The topological polar surface area (TPSA) is 107 Å². The fourth-order valence-electron chi connectivity index (χ4n) is 2.63. The third-order valence-corrected chi connectivity index (χ3v) is 4.66. The van der Waals surface area contributed by atoms with E-state index in [-0.39, 0.29) is 30.0 Å². The second-order valence-electron chi connectivity index (χ2n) is 7.47. The quantitative estimate of drug-likeness (QED) is 0.708. The fraction of sp³-hybridized carbons (Fsp3) is 0.667. The molecule has 3 rings (SSSR count). The van der Waals surface area contributed by atoms with Crippen LogP contribution in [0.3, 0.4) is 0 Å². The lowest BCUT2D eigenvalue weighted by molar-refractivity contribution is -0.118. The molecular formula is C18H26N4O3. The van der Waals surface area contributed by atoms with Crippen molar-refractivity contribution in [1.29, 1.82) is 0 Å². The first-order chi connectivity index (χ1) is 11.9. The minimum atomic E-state index is -0.442. The standard InChI is InChI=1S/C18H26N4O3/c1-10(2)13(7-15(19)23)21-17(24)14-8-20-16(12-5-6-12)18(22-14)25-9-11-3-4-11/h8,10-13H,3-7,9H2,1-2H3,(H2,19,23)(H,21,24)/t13-/m0/s1. The molecule has 2 saturated carbocycles. The number of nitrogens with one attached hydrogen (secondary N) is 1. The summed E-state index contributed by atoms with van der Waals surface area (Å²) in [5.41, 5.74) is 6.33. The van der Waals surface area contributed by atoms with E-state index in [9.17, 15) is 9.59 Å². The monoisotopic (exact) mass is 346 g/mol. The summed E-state index contributed by atoms with van der Waals surface area (Å²) < 4.78 is 5.84. The molecule has 3 N–H and O–H groups in total. The van der Waals surface area contributed by atoms with Gasteiger partial charge in [-0.05, 0) is 37.5 Å². The van der Waals surface area contributed by atoms with E-state index in [0.717, 1.165) is 18.5 Å². The number of nitrogens with two attached hydrogens (primary N) is 1. The van der Waals surface area contributed by atoms with Gasteiger partial charge in [0.1, 0.15) is 11.4 Å². The van der Waals surface area contributed by atoms with Crippen molar-refractivity contribution in [2.45, 2.75) is 57.9 Å². The smallest absolute Gasteiger partial charge is 0.271 e. The predicted molar refractivity (Wildman–Crippen MR) is 92.1 cm³/mol. The van der Waals surface area contributed by atoms with Gasteiger partial charge in [0.15, 0.2) is 0 Å². The summed E-state index contributed by atoms with van der Waals surface area (Å²) in [6.45, 7) is 4.50. The Kier molecular flexibility index (Phi) is 5.20. The van der Waals surface area contributed by atoms with Gasteiger partial charge in [0.05, 0.1) is 12.8 Å². The van der Waals surface area contributed by atoms with Gasteiger partial charge >= 0.3 is 0 Å². The molecule has 2 fully saturated rings.